The molecule has 3 aromatic rings. The highest BCUT2D eigenvalue weighted by Crippen LogP contribution is 2.26. The van der Waals surface area contributed by atoms with Gasteiger partial charge in [-0.3, -0.25) is 9.98 Å². The van der Waals surface area contributed by atoms with E-state index in [1.54, 1.807) is 6.07 Å². The maximum absolute atomic E-state index is 15.0. The van der Waals surface area contributed by atoms with Crippen LogP contribution in [0.5, 0.6) is 0 Å². The molecule has 9 heteroatoms. The fourth-order valence-electron chi connectivity index (χ4n) is 5.19. The molecule has 4 rings (SSSR count). The zero-order valence-electron chi connectivity index (χ0n) is 22.7. The summed E-state index contributed by atoms with van der Waals surface area (Å²) < 4.78 is 31.9. The van der Waals surface area contributed by atoms with Crippen molar-refractivity contribution in [3.8, 4) is 0 Å². The lowest BCUT2D eigenvalue weighted by Gasteiger charge is -2.31. The first-order valence-electron chi connectivity index (χ1n) is 13.3. The molecule has 0 unspecified atom stereocenters. The number of aromatic nitrogens is 3. The Hall–Kier alpha value is -3.46. The molecule has 1 aromatic carbocycles. The molecule has 0 bridgehead atoms. The Morgan fingerprint density at radius 3 is 2.66 bits per heavy atom. The number of anilines is 1. The number of nitrogens with zero attached hydrogens (tertiary/aromatic N) is 6. The van der Waals surface area contributed by atoms with Crippen molar-refractivity contribution < 1.29 is 8.78 Å². The number of imidazole rings is 1. The largest absolute Gasteiger partial charge is 0.351 e. The third-order valence-electron chi connectivity index (χ3n) is 7.15. The minimum Gasteiger partial charge on any atom is -0.351 e. The summed E-state index contributed by atoms with van der Waals surface area (Å²) in [5.74, 6) is 0.783. The van der Waals surface area contributed by atoms with Crippen LogP contribution in [0.1, 0.15) is 56.6 Å². The minimum atomic E-state index is -0.703. The van der Waals surface area contributed by atoms with Gasteiger partial charge in [-0.2, -0.15) is 0 Å². The zero-order chi connectivity index (χ0) is 27.2. The van der Waals surface area contributed by atoms with Gasteiger partial charge in [-0.25, -0.2) is 18.7 Å². The number of halogens is 2. The number of likely N-dealkylation sites (tertiary alicyclic amines) is 1. The van der Waals surface area contributed by atoms with Crippen molar-refractivity contribution in [2.24, 2.45) is 15.9 Å². The van der Waals surface area contributed by atoms with E-state index in [0.717, 1.165) is 32.3 Å². The van der Waals surface area contributed by atoms with Gasteiger partial charge in [0, 0.05) is 17.8 Å². The lowest BCUT2D eigenvalue weighted by molar-refractivity contribution is 0.192. The van der Waals surface area contributed by atoms with Crippen LogP contribution in [0.4, 0.5) is 14.6 Å². The quantitative estimate of drug-likeness (QED) is 0.327. The van der Waals surface area contributed by atoms with Crippen molar-refractivity contribution in [1.29, 1.82) is 0 Å². The molecule has 0 atom stereocenters. The van der Waals surface area contributed by atoms with E-state index in [1.807, 2.05) is 37.6 Å². The van der Waals surface area contributed by atoms with Crippen LogP contribution in [0.25, 0.3) is 11.0 Å². The Balaban J connectivity index is 1.50. The third-order valence-corrected chi connectivity index (χ3v) is 7.15. The van der Waals surface area contributed by atoms with Crippen LogP contribution in [0.15, 0.2) is 52.5 Å². The molecular formula is C29H37F2N7. The van der Waals surface area contributed by atoms with Crippen LogP contribution >= 0.6 is 0 Å². The zero-order valence-corrected chi connectivity index (χ0v) is 22.7. The Bertz CT molecular complexity index is 1320. The lowest BCUT2D eigenvalue weighted by Crippen LogP contribution is -2.34. The molecule has 7 nitrogen and oxygen atoms in total. The van der Waals surface area contributed by atoms with E-state index in [1.165, 1.54) is 24.5 Å². The van der Waals surface area contributed by atoms with Crippen molar-refractivity contribution in [2.45, 2.75) is 53.0 Å². The fraction of sp³-hybridized carbons (Fsp3) is 0.448. The van der Waals surface area contributed by atoms with Gasteiger partial charge in [-0.05, 0) is 96.1 Å². The number of hydrogen-bond donors (Lipinski definition) is 1. The predicted octanol–water partition coefficient (Wildman–Crippen LogP) is 6.10. The van der Waals surface area contributed by atoms with E-state index in [4.69, 9.17) is 0 Å². The number of piperidine rings is 1. The average molecular weight is 522 g/mol. The molecule has 3 heterocycles. The van der Waals surface area contributed by atoms with Crippen LogP contribution < -0.4 is 5.32 Å². The Kier molecular flexibility index (Phi) is 8.99. The van der Waals surface area contributed by atoms with Crippen LogP contribution in [0, 0.1) is 18.7 Å². The minimum absolute atomic E-state index is 0.0186. The van der Waals surface area contributed by atoms with E-state index < -0.39 is 11.6 Å². The summed E-state index contributed by atoms with van der Waals surface area (Å²) in [6.45, 7) is 14.9. The summed E-state index contributed by atoms with van der Waals surface area (Å²) in [7, 11) is 0. The standard InChI is InChI=1S/C29H37F2N7/c1-6-37-11-9-21(10-12-37)13-22-7-8-27(33-16-22)34-18-35-28(25(31)17-32-5)23-14-24(30)29-26(15-23)38(19(2)3)20(4)36-29/h7-8,14-17,19,21H,5-6,9-13,18H2,1-4H3,(H,33,34)/b25-17+,35-28?. The molecular weight excluding hydrogens is 484 g/mol. The molecule has 0 spiro atoms. The van der Waals surface area contributed by atoms with E-state index in [0.29, 0.717) is 28.6 Å². The number of nitrogens with one attached hydrogen (secondary N) is 1. The highest BCUT2D eigenvalue weighted by Gasteiger charge is 2.20. The second-order valence-corrected chi connectivity index (χ2v) is 10.1. The van der Waals surface area contributed by atoms with Gasteiger partial charge in [0.05, 0.1) is 11.7 Å². The first-order valence-corrected chi connectivity index (χ1v) is 13.3. The fourth-order valence-corrected chi connectivity index (χ4v) is 5.19. The topological polar surface area (TPSA) is 70.7 Å². The molecule has 0 saturated carbocycles. The summed E-state index contributed by atoms with van der Waals surface area (Å²) >= 11 is 0. The van der Waals surface area contributed by atoms with Gasteiger partial charge >= 0.3 is 0 Å². The van der Waals surface area contributed by atoms with Crippen molar-refractivity contribution in [2.75, 3.05) is 31.6 Å². The molecule has 38 heavy (non-hydrogen) atoms. The van der Waals surface area contributed by atoms with Crippen molar-refractivity contribution in [3.05, 3.63) is 65.3 Å². The number of aliphatic imine (C=N–C) groups is 2. The van der Waals surface area contributed by atoms with Gasteiger partial charge < -0.3 is 14.8 Å². The van der Waals surface area contributed by atoms with Gasteiger partial charge in [0.2, 0.25) is 0 Å². The smallest absolute Gasteiger partial charge is 0.167 e. The molecule has 1 N–H and O–H groups in total. The van der Waals surface area contributed by atoms with Gasteiger partial charge in [0.25, 0.3) is 0 Å². The van der Waals surface area contributed by atoms with E-state index in [9.17, 15) is 0 Å². The number of rotatable bonds is 10. The summed E-state index contributed by atoms with van der Waals surface area (Å²) in [4.78, 5) is 19.3. The monoisotopic (exact) mass is 521 g/mol. The Labute approximate surface area is 223 Å². The third kappa shape index (κ3) is 6.32. The number of allylic oxidation sites excluding steroid dienone is 1. The lowest BCUT2D eigenvalue weighted by atomic mass is 9.91. The molecule has 0 radical (unpaired) electrons. The molecule has 2 aromatic heterocycles. The Morgan fingerprint density at radius 2 is 2.03 bits per heavy atom. The summed E-state index contributed by atoms with van der Waals surface area (Å²) in [6, 6.07) is 7.02. The predicted molar refractivity (Wildman–Crippen MR) is 151 cm³/mol. The molecule has 1 saturated heterocycles. The summed E-state index contributed by atoms with van der Waals surface area (Å²) in [5.41, 5.74) is 2.33. The normalized spacial score (nSPS) is 16.0. The number of fused-ring (bicyclic) bond motifs is 1. The van der Waals surface area contributed by atoms with Crippen LogP contribution in [-0.2, 0) is 6.42 Å². The number of benzene rings is 1. The SMILES string of the molecule is C=N/C=C(/F)C(=NCNc1ccc(CC2CCN(CC)CC2)cn1)c1cc(F)c2nc(C)n(C(C)C)c2c1. The average Bonchev–Trinajstić information content (AvgIpc) is 3.24. The van der Waals surface area contributed by atoms with Gasteiger partial charge in [0.1, 0.15) is 29.5 Å². The molecule has 202 valence electrons. The Morgan fingerprint density at radius 1 is 1.26 bits per heavy atom. The number of hydrogen-bond acceptors (Lipinski definition) is 6. The number of aryl methyl sites for hydroxylation is 1. The van der Waals surface area contributed by atoms with E-state index >= 15 is 8.78 Å². The van der Waals surface area contributed by atoms with Gasteiger partial charge in [0.15, 0.2) is 11.6 Å². The maximum atomic E-state index is 15.0. The number of pyridine rings is 1. The van der Waals surface area contributed by atoms with Crippen LogP contribution in [0.2, 0.25) is 0 Å². The second-order valence-electron chi connectivity index (χ2n) is 10.1. The van der Waals surface area contributed by atoms with Crippen LogP contribution in [0.3, 0.4) is 0 Å². The van der Waals surface area contributed by atoms with Crippen molar-refractivity contribution in [1.82, 2.24) is 19.4 Å². The highest BCUT2D eigenvalue weighted by atomic mass is 19.1. The van der Waals surface area contributed by atoms with E-state index in [2.05, 4.69) is 49.9 Å². The molecule has 1 fully saturated rings. The molecule has 1 aliphatic heterocycles. The summed E-state index contributed by atoms with van der Waals surface area (Å²) in [6.07, 6.45) is 6.32. The second kappa shape index (κ2) is 12.4. The van der Waals surface area contributed by atoms with Crippen molar-refractivity contribution in [3.63, 3.8) is 0 Å². The first-order chi connectivity index (χ1) is 18.3. The summed E-state index contributed by atoms with van der Waals surface area (Å²) in [5, 5.41) is 3.11. The molecule has 1 aliphatic rings. The van der Waals surface area contributed by atoms with Gasteiger partial charge in [-0.15, -0.1) is 0 Å². The van der Waals surface area contributed by atoms with Crippen LogP contribution in [-0.4, -0.2) is 58.2 Å². The molecule has 0 amide bonds. The first kappa shape index (κ1) is 27.6. The maximum Gasteiger partial charge on any atom is 0.167 e. The van der Waals surface area contributed by atoms with Gasteiger partial charge in [-0.1, -0.05) is 13.0 Å². The highest BCUT2D eigenvalue weighted by molar-refractivity contribution is 6.12. The van der Waals surface area contributed by atoms with E-state index in [-0.39, 0.29) is 23.9 Å². The molecule has 0 aliphatic carbocycles. The van der Waals surface area contributed by atoms with Crippen molar-refractivity contribution >= 4 is 29.3 Å².